The largest absolute Gasteiger partial charge is 0.351 e. The predicted molar refractivity (Wildman–Crippen MR) is 120 cm³/mol. The molecule has 0 spiro atoms. The quantitative estimate of drug-likeness (QED) is 0.656. The van der Waals surface area contributed by atoms with E-state index in [9.17, 15) is 4.79 Å². The van der Waals surface area contributed by atoms with Gasteiger partial charge in [0.1, 0.15) is 0 Å². The van der Waals surface area contributed by atoms with Gasteiger partial charge in [-0.05, 0) is 41.7 Å². The zero-order valence-electron chi connectivity index (χ0n) is 17.4. The third-order valence-corrected chi connectivity index (χ3v) is 5.56. The first-order valence-electron chi connectivity index (χ1n) is 10.6. The fourth-order valence-corrected chi connectivity index (χ4v) is 3.68. The van der Waals surface area contributed by atoms with Crippen LogP contribution in [-0.2, 0) is 17.8 Å². The van der Waals surface area contributed by atoms with Crippen molar-refractivity contribution in [3.63, 3.8) is 0 Å². The van der Waals surface area contributed by atoms with Gasteiger partial charge < -0.3 is 5.32 Å². The van der Waals surface area contributed by atoms with Crippen molar-refractivity contribution >= 4 is 11.5 Å². The first-order chi connectivity index (χ1) is 14.7. The SMILES string of the molecule is CCc1ccc(CNC(=O)CN2CC=C(c3cnn(-c4ccccc4)c3)CC2)cc1. The number of nitrogens with one attached hydrogen (secondary N) is 1. The molecule has 4 rings (SSSR count). The molecule has 0 saturated heterocycles. The van der Waals surface area contributed by atoms with Crippen LogP contribution in [0.15, 0.2) is 73.1 Å². The zero-order chi connectivity index (χ0) is 20.8. The highest BCUT2D eigenvalue weighted by Gasteiger charge is 2.16. The minimum Gasteiger partial charge on any atom is -0.351 e. The minimum atomic E-state index is 0.0725. The second-order valence-corrected chi connectivity index (χ2v) is 7.67. The molecule has 5 heteroatoms. The van der Waals surface area contributed by atoms with Crippen LogP contribution in [0.4, 0.5) is 0 Å². The van der Waals surface area contributed by atoms with Crippen molar-refractivity contribution in [2.75, 3.05) is 19.6 Å². The maximum absolute atomic E-state index is 12.3. The molecule has 1 aliphatic rings. The lowest BCUT2D eigenvalue weighted by Crippen LogP contribution is -2.39. The Kier molecular flexibility index (Phi) is 6.40. The van der Waals surface area contributed by atoms with E-state index >= 15 is 0 Å². The molecule has 0 fully saturated rings. The van der Waals surface area contributed by atoms with Gasteiger partial charge in [-0.15, -0.1) is 0 Å². The van der Waals surface area contributed by atoms with Gasteiger partial charge in [-0.3, -0.25) is 9.69 Å². The van der Waals surface area contributed by atoms with Crippen LogP contribution < -0.4 is 5.32 Å². The van der Waals surface area contributed by atoms with Crippen LogP contribution in [0.1, 0.15) is 30.0 Å². The predicted octanol–water partition coefficient (Wildman–Crippen LogP) is 3.84. The Labute approximate surface area is 178 Å². The third kappa shape index (κ3) is 5.05. The molecule has 1 aromatic heterocycles. The number of carbonyl (C=O) groups excluding carboxylic acids is 1. The number of amides is 1. The number of nitrogens with zero attached hydrogens (tertiary/aromatic N) is 3. The second kappa shape index (κ2) is 9.55. The molecule has 2 aromatic carbocycles. The van der Waals surface area contributed by atoms with Crippen molar-refractivity contribution in [3.05, 3.63) is 89.8 Å². The van der Waals surface area contributed by atoms with Crippen molar-refractivity contribution in [1.82, 2.24) is 20.0 Å². The van der Waals surface area contributed by atoms with E-state index in [2.05, 4.69) is 58.8 Å². The van der Waals surface area contributed by atoms with Gasteiger partial charge in [0.25, 0.3) is 0 Å². The van der Waals surface area contributed by atoms with E-state index in [1.807, 2.05) is 41.2 Å². The molecule has 1 amide bonds. The highest BCUT2D eigenvalue weighted by atomic mass is 16.2. The van der Waals surface area contributed by atoms with Gasteiger partial charge in [0.05, 0.1) is 18.4 Å². The van der Waals surface area contributed by atoms with Gasteiger partial charge in [0, 0.05) is 31.4 Å². The van der Waals surface area contributed by atoms with Crippen LogP contribution >= 0.6 is 0 Å². The molecule has 0 unspecified atom stereocenters. The molecule has 154 valence electrons. The molecular weight excluding hydrogens is 372 g/mol. The standard InChI is InChI=1S/C25H28N4O/c1-2-20-8-10-21(11-9-20)16-26-25(30)19-28-14-12-22(13-15-28)23-17-27-29(18-23)24-6-4-3-5-7-24/h3-12,17-18H,2,13-16,19H2,1H3,(H,26,30). The Bertz CT molecular complexity index is 1010. The lowest BCUT2D eigenvalue weighted by Gasteiger charge is -2.25. The summed E-state index contributed by atoms with van der Waals surface area (Å²) in [6.07, 6.45) is 8.17. The molecular formula is C25H28N4O. The number of benzene rings is 2. The lowest BCUT2D eigenvalue weighted by atomic mass is 10.0. The van der Waals surface area contributed by atoms with Gasteiger partial charge in [-0.25, -0.2) is 4.68 Å². The molecule has 0 bridgehead atoms. The summed E-state index contributed by atoms with van der Waals surface area (Å²) < 4.78 is 1.91. The Morgan fingerprint density at radius 3 is 2.53 bits per heavy atom. The van der Waals surface area contributed by atoms with Crippen molar-refractivity contribution in [3.8, 4) is 5.69 Å². The molecule has 0 aliphatic carbocycles. The Morgan fingerprint density at radius 2 is 1.83 bits per heavy atom. The number of rotatable bonds is 7. The topological polar surface area (TPSA) is 50.2 Å². The number of para-hydroxylation sites is 1. The molecule has 1 aliphatic heterocycles. The Hall–Kier alpha value is -3.18. The molecule has 3 aromatic rings. The summed E-state index contributed by atoms with van der Waals surface area (Å²) in [5, 5.41) is 7.52. The fraction of sp³-hybridized carbons (Fsp3) is 0.280. The molecule has 0 radical (unpaired) electrons. The molecule has 0 atom stereocenters. The summed E-state index contributed by atoms with van der Waals surface area (Å²) in [6.45, 7) is 4.81. The maximum atomic E-state index is 12.3. The lowest BCUT2D eigenvalue weighted by molar-refractivity contribution is -0.122. The van der Waals surface area contributed by atoms with Crippen LogP contribution in [0.3, 0.4) is 0 Å². The summed E-state index contributed by atoms with van der Waals surface area (Å²) in [6, 6.07) is 18.5. The average molecular weight is 401 g/mol. The van der Waals surface area contributed by atoms with E-state index in [1.54, 1.807) is 0 Å². The average Bonchev–Trinajstić information content (AvgIpc) is 3.29. The fourth-order valence-electron chi connectivity index (χ4n) is 3.68. The first kappa shape index (κ1) is 20.1. The molecule has 2 heterocycles. The third-order valence-electron chi connectivity index (χ3n) is 5.56. The van der Waals surface area contributed by atoms with Crippen LogP contribution in [-0.4, -0.2) is 40.2 Å². The number of aromatic nitrogens is 2. The Morgan fingerprint density at radius 1 is 1.07 bits per heavy atom. The minimum absolute atomic E-state index is 0.0725. The van der Waals surface area contributed by atoms with E-state index in [1.165, 1.54) is 11.1 Å². The van der Waals surface area contributed by atoms with Crippen LogP contribution in [0.25, 0.3) is 11.3 Å². The molecule has 1 N–H and O–H groups in total. The van der Waals surface area contributed by atoms with Gasteiger partial charge >= 0.3 is 0 Å². The van der Waals surface area contributed by atoms with Crippen LogP contribution in [0.2, 0.25) is 0 Å². The monoisotopic (exact) mass is 400 g/mol. The smallest absolute Gasteiger partial charge is 0.234 e. The van der Waals surface area contributed by atoms with E-state index in [-0.39, 0.29) is 5.91 Å². The van der Waals surface area contributed by atoms with E-state index < -0.39 is 0 Å². The van der Waals surface area contributed by atoms with E-state index in [4.69, 9.17) is 0 Å². The summed E-state index contributed by atoms with van der Waals surface area (Å²) in [7, 11) is 0. The highest BCUT2D eigenvalue weighted by Crippen LogP contribution is 2.22. The summed E-state index contributed by atoms with van der Waals surface area (Å²) in [5.74, 6) is 0.0725. The summed E-state index contributed by atoms with van der Waals surface area (Å²) in [5.41, 5.74) is 5.96. The number of aryl methyl sites for hydroxylation is 1. The number of carbonyl (C=O) groups is 1. The molecule has 30 heavy (non-hydrogen) atoms. The Balaban J connectivity index is 1.27. The number of hydrogen-bond acceptors (Lipinski definition) is 3. The van der Waals surface area contributed by atoms with Gasteiger partial charge in [-0.2, -0.15) is 5.10 Å². The summed E-state index contributed by atoms with van der Waals surface area (Å²) in [4.78, 5) is 14.5. The summed E-state index contributed by atoms with van der Waals surface area (Å²) >= 11 is 0. The number of hydrogen-bond donors (Lipinski definition) is 1. The van der Waals surface area contributed by atoms with Crippen molar-refractivity contribution in [2.45, 2.75) is 26.3 Å². The van der Waals surface area contributed by atoms with Crippen LogP contribution in [0, 0.1) is 0 Å². The van der Waals surface area contributed by atoms with E-state index in [0.717, 1.165) is 42.7 Å². The van der Waals surface area contributed by atoms with Crippen molar-refractivity contribution in [1.29, 1.82) is 0 Å². The maximum Gasteiger partial charge on any atom is 0.234 e. The van der Waals surface area contributed by atoms with Gasteiger partial charge in [0.15, 0.2) is 0 Å². The van der Waals surface area contributed by atoms with Crippen molar-refractivity contribution < 1.29 is 4.79 Å². The second-order valence-electron chi connectivity index (χ2n) is 7.67. The molecule has 5 nitrogen and oxygen atoms in total. The normalized spacial score (nSPS) is 14.4. The zero-order valence-corrected chi connectivity index (χ0v) is 17.4. The molecule has 0 saturated carbocycles. The van der Waals surface area contributed by atoms with Crippen molar-refractivity contribution in [2.24, 2.45) is 0 Å². The van der Waals surface area contributed by atoms with Gasteiger partial charge in [-0.1, -0.05) is 55.5 Å². The van der Waals surface area contributed by atoms with Gasteiger partial charge in [0.2, 0.25) is 5.91 Å². The first-order valence-corrected chi connectivity index (χ1v) is 10.6. The highest BCUT2D eigenvalue weighted by molar-refractivity contribution is 5.78. The van der Waals surface area contributed by atoms with E-state index in [0.29, 0.717) is 13.1 Å². The van der Waals surface area contributed by atoms with Crippen LogP contribution in [0.5, 0.6) is 0 Å².